The molecular weight excluding hydrogens is 250 g/mol. The highest BCUT2D eigenvalue weighted by atomic mass is 32.2. The highest BCUT2D eigenvalue weighted by Crippen LogP contribution is 2.24. The van der Waals surface area contributed by atoms with Crippen molar-refractivity contribution in [2.24, 2.45) is 0 Å². The van der Waals surface area contributed by atoms with Crippen molar-refractivity contribution in [1.29, 1.82) is 0 Å². The number of fused-ring (bicyclic) bond motifs is 1. The molecule has 0 bridgehead atoms. The van der Waals surface area contributed by atoms with E-state index in [2.05, 4.69) is 5.32 Å². The zero-order chi connectivity index (χ0) is 12.6. The summed E-state index contributed by atoms with van der Waals surface area (Å²) in [5, 5.41) is 2.96. The Balaban J connectivity index is 1.67. The van der Waals surface area contributed by atoms with E-state index in [4.69, 9.17) is 4.74 Å². The third kappa shape index (κ3) is 2.24. The minimum atomic E-state index is -2.91. The second-order valence-electron chi connectivity index (χ2n) is 4.98. The first-order valence-corrected chi connectivity index (χ1v) is 8.03. The van der Waals surface area contributed by atoms with Gasteiger partial charge in [-0.05, 0) is 36.1 Å². The zero-order valence-corrected chi connectivity index (χ0v) is 11.0. The van der Waals surface area contributed by atoms with Gasteiger partial charge in [0.25, 0.3) is 0 Å². The molecule has 1 saturated heterocycles. The van der Waals surface area contributed by atoms with Crippen LogP contribution in [0.15, 0.2) is 18.2 Å². The Morgan fingerprint density at radius 2 is 2.11 bits per heavy atom. The van der Waals surface area contributed by atoms with Crippen LogP contribution in [-0.4, -0.2) is 26.0 Å². The molecule has 98 valence electrons. The first-order valence-electron chi connectivity index (χ1n) is 6.32. The summed E-state index contributed by atoms with van der Waals surface area (Å²) in [5.41, 5.74) is 2.55. The summed E-state index contributed by atoms with van der Waals surface area (Å²) in [6, 6.07) is 5.98. The molecule has 1 N–H and O–H groups in total. The quantitative estimate of drug-likeness (QED) is 0.895. The molecule has 3 rings (SSSR count). The average Bonchev–Trinajstić information content (AvgIpc) is 2.91. The molecule has 1 aromatic carbocycles. The van der Waals surface area contributed by atoms with Gasteiger partial charge in [0.05, 0.1) is 11.0 Å². The van der Waals surface area contributed by atoms with Gasteiger partial charge in [-0.1, -0.05) is 6.07 Å². The van der Waals surface area contributed by atoms with E-state index in [1.54, 1.807) is 0 Å². The van der Waals surface area contributed by atoms with Crippen LogP contribution < -0.4 is 10.1 Å². The minimum Gasteiger partial charge on any atom is -0.492 e. The molecule has 18 heavy (non-hydrogen) atoms. The maximum absolute atomic E-state index is 11.7. The molecule has 1 aromatic rings. The van der Waals surface area contributed by atoms with E-state index in [0.29, 0.717) is 5.75 Å². The molecule has 2 aliphatic rings. The summed E-state index contributed by atoms with van der Waals surface area (Å²) in [6.45, 7) is 2.06. The predicted octanol–water partition coefficient (Wildman–Crippen LogP) is 1.25. The van der Waals surface area contributed by atoms with Gasteiger partial charge in [0, 0.05) is 13.1 Å². The second kappa shape index (κ2) is 4.55. The molecular formula is C13H17NO3S. The van der Waals surface area contributed by atoms with Gasteiger partial charge < -0.3 is 10.1 Å². The average molecular weight is 267 g/mol. The van der Waals surface area contributed by atoms with E-state index in [1.165, 1.54) is 11.1 Å². The number of hydrogen-bond acceptors (Lipinski definition) is 4. The Morgan fingerprint density at radius 1 is 1.28 bits per heavy atom. The molecule has 0 aromatic heterocycles. The van der Waals surface area contributed by atoms with Crippen molar-refractivity contribution in [2.75, 3.05) is 12.4 Å². The Morgan fingerprint density at radius 3 is 2.89 bits per heavy atom. The molecule has 0 radical (unpaired) electrons. The van der Waals surface area contributed by atoms with Crippen LogP contribution in [-0.2, 0) is 22.9 Å². The van der Waals surface area contributed by atoms with E-state index in [9.17, 15) is 8.42 Å². The van der Waals surface area contributed by atoms with Crippen molar-refractivity contribution in [1.82, 2.24) is 5.32 Å². The second-order valence-corrected chi connectivity index (χ2v) is 7.38. The van der Waals surface area contributed by atoms with Crippen molar-refractivity contribution in [2.45, 2.75) is 31.2 Å². The van der Waals surface area contributed by atoms with E-state index in [1.807, 2.05) is 18.2 Å². The van der Waals surface area contributed by atoms with Gasteiger partial charge >= 0.3 is 0 Å². The monoisotopic (exact) mass is 267 g/mol. The number of hydrogen-bond donors (Lipinski definition) is 1. The third-order valence-corrected chi connectivity index (χ3v) is 5.95. The molecule has 0 saturated carbocycles. The molecule has 4 nitrogen and oxygen atoms in total. The fourth-order valence-electron chi connectivity index (χ4n) is 2.60. The number of ether oxygens (including phenoxy) is 1. The third-order valence-electron chi connectivity index (χ3n) is 3.71. The number of sulfone groups is 1. The highest BCUT2D eigenvalue weighted by molar-refractivity contribution is 7.92. The lowest BCUT2D eigenvalue weighted by Gasteiger charge is -2.12. The molecule has 0 amide bonds. The largest absolute Gasteiger partial charge is 0.492 e. The molecule has 1 fully saturated rings. The lowest BCUT2D eigenvalue weighted by molar-refractivity contribution is 0.311. The van der Waals surface area contributed by atoms with Gasteiger partial charge in [0.15, 0.2) is 9.84 Å². The van der Waals surface area contributed by atoms with Crippen LogP contribution in [0.25, 0.3) is 0 Å². The summed E-state index contributed by atoms with van der Waals surface area (Å²) >= 11 is 0. The van der Waals surface area contributed by atoms with E-state index >= 15 is 0 Å². The van der Waals surface area contributed by atoms with E-state index < -0.39 is 9.84 Å². The predicted molar refractivity (Wildman–Crippen MR) is 69.3 cm³/mol. The normalized spacial score (nSPS) is 25.0. The van der Waals surface area contributed by atoms with Gasteiger partial charge in [0.1, 0.15) is 12.4 Å². The summed E-state index contributed by atoms with van der Waals surface area (Å²) in [6.07, 6.45) is 1.50. The van der Waals surface area contributed by atoms with E-state index in [-0.39, 0.29) is 11.9 Å². The SMILES string of the molecule is O=S1(=O)CCCC1COc1ccc2c(c1)CNC2. The van der Waals surface area contributed by atoms with Gasteiger partial charge in [-0.25, -0.2) is 8.42 Å². The van der Waals surface area contributed by atoms with Gasteiger partial charge in [0.2, 0.25) is 0 Å². The summed E-state index contributed by atoms with van der Waals surface area (Å²) in [5.74, 6) is 1.09. The topological polar surface area (TPSA) is 55.4 Å². The summed E-state index contributed by atoms with van der Waals surface area (Å²) in [4.78, 5) is 0. The van der Waals surface area contributed by atoms with Crippen LogP contribution in [0.4, 0.5) is 0 Å². The fraction of sp³-hybridized carbons (Fsp3) is 0.538. The van der Waals surface area contributed by atoms with Crippen LogP contribution in [0.5, 0.6) is 5.75 Å². The number of nitrogens with one attached hydrogen (secondary N) is 1. The van der Waals surface area contributed by atoms with Crippen molar-refractivity contribution in [3.8, 4) is 5.75 Å². The maximum Gasteiger partial charge on any atom is 0.156 e. The molecule has 0 aliphatic carbocycles. The molecule has 0 spiro atoms. The van der Waals surface area contributed by atoms with Gasteiger partial charge in [-0.15, -0.1) is 0 Å². The maximum atomic E-state index is 11.7. The summed E-state index contributed by atoms with van der Waals surface area (Å²) in [7, 11) is -2.91. The van der Waals surface area contributed by atoms with Crippen molar-refractivity contribution < 1.29 is 13.2 Å². The lowest BCUT2D eigenvalue weighted by Crippen LogP contribution is -2.23. The van der Waals surface area contributed by atoms with Gasteiger partial charge in [-0.2, -0.15) is 0 Å². The van der Waals surface area contributed by atoms with Crippen LogP contribution >= 0.6 is 0 Å². The Hall–Kier alpha value is -1.07. The van der Waals surface area contributed by atoms with Crippen molar-refractivity contribution >= 4 is 9.84 Å². The van der Waals surface area contributed by atoms with Crippen LogP contribution in [0.1, 0.15) is 24.0 Å². The van der Waals surface area contributed by atoms with Crippen LogP contribution in [0, 0.1) is 0 Å². The van der Waals surface area contributed by atoms with E-state index in [0.717, 1.165) is 31.7 Å². The van der Waals surface area contributed by atoms with Crippen molar-refractivity contribution in [3.05, 3.63) is 29.3 Å². The standard InChI is InChI=1S/C13H17NO3S/c15-18(16)5-1-2-13(18)9-17-12-4-3-10-7-14-8-11(10)6-12/h3-4,6,13-14H,1-2,5,7-9H2. The smallest absolute Gasteiger partial charge is 0.156 e. The number of rotatable bonds is 3. The Labute approximate surface area is 107 Å². The Bertz CT molecular complexity index is 553. The summed E-state index contributed by atoms with van der Waals surface area (Å²) < 4.78 is 29.0. The highest BCUT2D eigenvalue weighted by Gasteiger charge is 2.31. The molecule has 5 heteroatoms. The first-order chi connectivity index (χ1) is 8.65. The molecule has 1 unspecified atom stereocenters. The van der Waals surface area contributed by atoms with Crippen LogP contribution in [0.3, 0.4) is 0 Å². The Kier molecular flexibility index (Phi) is 3.03. The van der Waals surface area contributed by atoms with Gasteiger partial charge in [-0.3, -0.25) is 0 Å². The van der Waals surface area contributed by atoms with Crippen molar-refractivity contribution in [3.63, 3.8) is 0 Å². The molecule has 2 heterocycles. The molecule has 1 atom stereocenters. The first kappa shape index (κ1) is 12.0. The lowest BCUT2D eigenvalue weighted by atomic mass is 10.1. The minimum absolute atomic E-state index is 0.286. The molecule has 2 aliphatic heterocycles. The van der Waals surface area contributed by atoms with Crippen LogP contribution in [0.2, 0.25) is 0 Å². The fourth-order valence-corrected chi connectivity index (χ4v) is 4.30. The zero-order valence-electron chi connectivity index (χ0n) is 10.2. The number of benzene rings is 1.